The number of rotatable bonds is 6. The van der Waals surface area contributed by atoms with Crippen molar-refractivity contribution in [3.63, 3.8) is 0 Å². The zero-order valence-electron chi connectivity index (χ0n) is 18.8. The van der Waals surface area contributed by atoms with Crippen LogP contribution in [0.25, 0.3) is 22.3 Å². The highest BCUT2D eigenvalue weighted by Crippen LogP contribution is 2.28. The van der Waals surface area contributed by atoms with Crippen LogP contribution in [0.2, 0.25) is 0 Å². The fourth-order valence-electron chi connectivity index (χ4n) is 4.08. The van der Waals surface area contributed by atoms with Crippen LogP contribution in [0.1, 0.15) is 18.9 Å². The topological polar surface area (TPSA) is 122 Å². The Balaban J connectivity index is 0.00000274. The number of pyridine rings is 1. The Bertz CT molecular complexity index is 1230. The van der Waals surface area contributed by atoms with E-state index >= 15 is 0 Å². The van der Waals surface area contributed by atoms with Gasteiger partial charge in [-0.25, -0.2) is 18.4 Å². The summed E-state index contributed by atoms with van der Waals surface area (Å²) in [6, 6.07) is 2.17. The van der Waals surface area contributed by atoms with Gasteiger partial charge in [-0.05, 0) is 18.9 Å². The first-order valence-electron chi connectivity index (χ1n) is 10.9. The largest absolute Gasteiger partial charge is 0.473 e. The second-order valence-electron chi connectivity index (χ2n) is 8.21. The SMILES string of the molecule is CS(=O)(=O)N1CCO[C@H](COc2nc(-c3cnn(C4CCOCC4)c3)cc3nccnc23)C1.S. The van der Waals surface area contributed by atoms with Gasteiger partial charge in [-0.3, -0.25) is 9.67 Å². The van der Waals surface area contributed by atoms with Crippen molar-refractivity contribution in [3.05, 3.63) is 30.9 Å². The quantitative estimate of drug-likeness (QED) is 0.486. The van der Waals surface area contributed by atoms with E-state index in [4.69, 9.17) is 19.2 Å². The van der Waals surface area contributed by atoms with Gasteiger partial charge in [0.05, 0.1) is 36.3 Å². The molecule has 3 aromatic heterocycles. The first-order chi connectivity index (χ1) is 16.0. The number of sulfonamides is 1. The Kier molecular flexibility index (Phi) is 7.67. The lowest BCUT2D eigenvalue weighted by Crippen LogP contribution is -2.47. The third-order valence-electron chi connectivity index (χ3n) is 5.86. The summed E-state index contributed by atoms with van der Waals surface area (Å²) in [7, 11) is -3.28. The van der Waals surface area contributed by atoms with Crippen molar-refractivity contribution in [1.82, 2.24) is 29.0 Å². The van der Waals surface area contributed by atoms with Gasteiger partial charge in [0.25, 0.3) is 0 Å². The number of nitrogens with zero attached hydrogens (tertiary/aromatic N) is 6. The molecule has 0 N–H and O–H groups in total. The molecule has 0 spiro atoms. The van der Waals surface area contributed by atoms with Crippen LogP contribution < -0.4 is 4.74 Å². The lowest BCUT2D eigenvalue weighted by Gasteiger charge is -2.30. The van der Waals surface area contributed by atoms with Crippen LogP contribution in [0.5, 0.6) is 5.88 Å². The van der Waals surface area contributed by atoms with E-state index in [0.29, 0.717) is 41.8 Å². The summed E-state index contributed by atoms with van der Waals surface area (Å²) in [5, 5.41) is 4.54. The molecule has 5 rings (SSSR count). The third kappa shape index (κ3) is 5.49. The molecule has 0 bridgehead atoms. The van der Waals surface area contributed by atoms with Crippen LogP contribution in [0.3, 0.4) is 0 Å². The molecule has 0 unspecified atom stereocenters. The fraction of sp³-hybridized carbons (Fsp3) is 0.524. The predicted molar refractivity (Wildman–Crippen MR) is 130 cm³/mol. The lowest BCUT2D eigenvalue weighted by molar-refractivity contribution is -0.0252. The molecule has 0 radical (unpaired) electrons. The molecule has 11 nitrogen and oxygen atoms in total. The number of ether oxygens (including phenoxy) is 3. The smallest absolute Gasteiger partial charge is 0.242 e. The highest BCUT2D eigenvalue weighted by atomic mass is 32.2. The van der Waals surface area contributed by atoms with Crippen molar-refractivity contribution >= 4 is 34.6 Å². The molecule has 2 aliphatic heterocycles. The molecular formula is C21H28N6O5S2. The van der Waals surface area contributed by atoms with E-state index in [9.17, 15) is 8.42 Å². The zero-order chi connectivity index (χ0) is 22.8. The van der Waals surface area contributed by atoms with Crippen molar-refractivity contribution in [3.8, 4) is 17.1 Å². The Labute approximate surface area is 204 Å². The number of hydrogen-bond acceptors (Lipinski definition) is 9. The molecule has 34 heavy (non-hydrogen) atoms. The van der Waals surface area contributed by atoms with E-state index < -0.39 is 16.1 Å². The number of hydrogen-bond donors (Lipinski definition) is 0. The van der Waals surface area contributed by atoms with Gasteiger partial charge < -0.3 is 14.2 Å². The summed E-state index contributed by atoms with van der Waals surface area (Å²) < 4.78 is 44.3. The second-order valence-corrected chi connectivity index (χ2v) is 10.2. The van der Waals surface area contributed by atoms with Crippen LogP contribution >= 0.6 is 13.5 Å². The van der Waals surface area contributed by atoms with Gasteiger partial charge in [-0.2, -0.15) is 22.9 Å². The van der Waals surface area contributed by atoms with E-state index in [1.165, 1.54) is 10.6 Å². The van der Waals surface area contributed by atoms with Gasteiger partial charge in [0.2, 0.25) is 15.9 Å². The molecule has 2 saturated heterocycles. The maximum absolute atomic E-state index is 11.9. The summed E-state index contributed by atoms with van der Waals surface area (Å²) >= 11 is 0. The average molecular weight is 509 g/mol. The molecule has 184 valence electrons. The van der Waals surface area contributed by atoms with E-state index in [0.717, 1.165) is 31.6 Å². The van der Waals surface area contributed by atoms with E-state index in [1.54, 1.807) is 18.6 Å². The molecule has 2 aliphatic rings. The van der Waals surface area contributed by atoms with Crippen LogP contribution in [0.15, 0.2) is 30.9 Å². The van der Waals surface area contributed by atoms with Crippen molar-refractivity contribution in [2.75, 3.05) is 45.8 Å². The Hall–Kier alpha value is -2.32. The minimum Gasteiger partial charge on any atom is -0.473 e. The summed E-state index contributed by atoms with van der Waals surface area (Å²) in [6.07, 6.45) is 9.64. The molecule has 3 aromatic rings. The van der Waals surface area contributed by atoms with Gasteiger partial charge in [0, 0.05) is 50.5 Å². The molecule has 0 aromatic carbocycles. The van der Waals surface area contributed by atoms with Crippen LogP contribution in [-0.2, 0) is 19.5 Å². The third-order valence-corrected chi connectivity index (χ3v) is 7.13. The fourth-order valence-corrected chi connectivity index (χ4v) is 4.92. The first kappa shape index (κ1) is 24.8. The highest BCUT2D eigenvalue weighted by molar-refractivity contribution is 7.88. The van der Waals surface area contributed by atoms with Gasteiger partial charge in [0.1, 0.15) is 12.7 Å². The summed E-state index contributed by atoms with van der Waals surface area (Å²) in [5.74, 6) is 0.328. The molecular weight excluding hydrogens is 480 g/mol. The standard InChI is InChI=1S/C21H26N6O5S.H2S/c1-33(28,29)26-6-9-31-17(13-26)14-32-21-20-19(22-4-5-23-20)10-18(25-21)15-11-24-27(12-15)16-2-7-30-8-3-16;/h4-5,10-12,16-17H,2-3,6-9,13-14H2,1H3;1H2/t17-;/m0./s1. The highest BCUT2D eigenvalue weighted by Gasteiger charge is 2.27. The normalized spacial score (nSPS) is 20.2. The maximum Gasteiger partial charge on any atom is 0.242 e. The minimum absolute atomic E-state index is 0. The first-order valence-corrected chi connectivity index (χ1v) is 12.8. The molecule has 2 fully saturated rings. The predicted octanol–water partition coefficient (Wildman–Crippen LogP) is 1.39. The van der Waals surface area contributed by atoms with Gasteiger partial charge in [-0.15, -0.1) is 0 Å². The van der Waals surface area contributed by atoms with Gasteiger partial charge in [-0.1, -0.05) is 0 Å². The Morgan fingerprint density at radius 2 is 1.97 bits per heavy atom. The van der Waals surface area contributed by atoms with Crippen molar-refractivity contribution < 1.29 is 22.6 Å². The number of aromatic nitrogens is 5. The summed E-state index contributed by atoms with van der Waals surface area (Å²) in [4.78, 5) is 13.5. The van der Waals surface area contributed by atoms with Crippen LogP contribution in [-0.4, -0.2) is 89.3 Å². The Morgan fingerprint density at radius 3 is 2.76 bits per heavy atom. The van der Waals surface area contributed by atoms with Gasteiger partial charge >= 0.3 is 0 Å². The average Bonchev–Trinajstić information content (AvgIpc) is 3.33. The van der Waals surface area contributed by atoms with Crippen LogP contribution in [0, 0.1) is 0 Å². The molecule has 5 heterocycles. The number of fused-ring (bicyclic) bond motifs is 1. The van der Waals surface area contributed by atoms with Gasteiger partial charge in [0.15, 0.2) is 5.52 Å². The van der Waals surface area contributed by atoms with E-state index in [-0.39, 0.29) is 26.6 Å². The van der Waals surface area contributed by atoms with E-state index in [1.807, 2.05) is 16.9 Å². The molecule has 0 aliphatic carbocycles. The summed E-state index contributed by atoms with van der Waals surface area (Å²) in [6.45, 7) is 2.52. The van der Waals surface area contributed by atoms with Crippen LogP contribution in [0.4, 0.5) is 0 Å². The summed E-state index contributed by atoms with van der Waals surface area (Å²) in [5.41, 5.74) is 2.72. The van der Waals surface area contributed by atoms with Crippen molar-refractivity contribution in [1.29, 1.82) is 0 Å². The molecule has 13 heteroatoms. The van der Waals surface area contributed by atoms with E-state index in [2.05, 4.69) is 15.1 Å². The lowest BCUT2D eigenvalue weighted by atomic mass is 10.1. The molecule has 1 atom stereocenters. The Morgan fingerprint density at radius 1 is 1.18 bits per heavy atom. The second kappa shape index (κ2) is 10.5. The number of morpholine rings is 1. The maximum atomic E-state index is 11.9. The monoisotopic (exact) mass is 508 g/mol. The van der Waals surface area contributed by atoms with Crippen molar-refractivity contribution in [2.45, 2.75) is 25.0 Å². The molecule has 0 amide bonds. The minimum atomic E-state index is -3.28. The molecule has 0 saturated carbocycles. The van der Waals surface area contributed by atoms with Crippen molar-refractivity contribution in [2.24, 2.45) is 0 Å². The zero-order valence-corrected chi connectivity index (χ0v) is 20.6.